The lowest BCUT2D eigenvalue weighted by Crippen LogP contribution is -1.91. The van der Waals surface area contributed by atoms with E-state index in [1.807, 2.05) is 42.5 Å². The molecular weight excluding hydrogens is 192 g/mol. The van der Waals surface area contributed by atoms with Crippen LogP contribution in [0.2, 0.25) is 0 Å². The van der Waals surface area contributed by atoms with Gasteiger partial charge in [0.2, 0.25) is 0 Å². The largest absolute Gasteiger partial charge is 0.249 e. The van der Waals surface area contributed by atoms with Crippen LogP contribution in [0.5, 0.6) is 0 Å². The molecule has 2 rings (SSSR count). The molecule has 0 fully saturated rings. The van der Waals surface area contributed by atoms with E-state index in [4.69, 9.17) is 0 Å². The molecule has 0 amide bonds. The molecule has 2 heteroatoms. The van der Waals surface area contributed by atoms with Crippen molar-refractivity contribution in [3.8, 4) is 0 Å². The van der Waals surface area contributed by atoms with Crippen LogP contribution in [0.15, 0.2) is 60.0 Å². The second-order valence-corrected chi connectivity index (χ2v) is 4.39. The Morgan fingerprint density at radius 2 is 1.86 bits per heavy atom. The van der Waals surface area contributed by atoms with E-state index in [2.05, 4.69) is 6.58 Å². The summed E-state index contributed by atoms with van der Waals surface area (Å²) in [6.07, 6.45) is 5.39. The molecule has 0 spiro atoms. The van der Waals surface area contributed by atoms with E-state index in [1.165, 1.54) is 0 Å². The Hall–Kier alpha value is -1.41. The summed E-state index contributed by atoms with van der Waals surface area (Å²) in [6.45, 7) is 3.63. The third-order valence-electron chi connectivity index (χ3n) is 2.07. The molecule has 0 saturated carbocycles. The second-order valence-electron chi connectivity index (χ2n) is 2.94. The summed E-state index contributed by atoms with van der Waals surface area (Å²) >= 11 is 0. The maximum atomic E-state index is 11.8. The van der Waals surface area contributed by atoms with Crippen LogP contribution in [-0.2, 0) is 10.8 Å². The van der Waals surface area contributed by atoms with E-state index in [-0.39, 0.29) is 0 Å². The van der Waals surface area contributed by atoms with Crippen molar-refractivity contribution in [1.82, 2.24) is 0 Å². The maximum absolute atomic E-state index is 11.8. The lowest BCUT2D eigenvalue weighted by molar-refractivity contribution is 0.693. The Morgan fingerprint density at radius 1 is 1.14 bits per heavy atom. The second kappa shape index (κ2) is 3.76. The van der Waals surface area contributed by atoms with Crippen molar-refractivity contribution in [2.75, 3.05) is 0 Å². The molecule has 14 heavy (non-hydrogen) atoms. The molecule has 1 aliphatic rings. The van der Waals surface area contributed by atoms with Crippen LogP contribution in [0, 0.1) is 0 Å². The SMILES string of the molecule is C=CC1=CC=C(c2ccccc2)S1=O. The molecular formula is C12H10OS. The lowest BCUT2D eigenvalue weighted by atomic mass is 10.2. The van der Waals surface area contributed by atoms with Crippen molar-refractivity contribution in [1.29, 1.82) is 0 Å². The van der Waals surface area contributed by atoms with Crippen LogP contribution < -0.4 is 0 Å². The van der Waals surface area contributed by atoms with Gasteiger partial charge in [-0.25, -0.2) is 4.21 Å². The van der Waals surface area contributed by atoms with Gasteiger partial charge >= 0.3 is 0 Å². The zero-order chi connectivity index (χ0) is 9.97. The first-order valence-corrected chi connectivity index (χ1v) is 5.49. The molecule has 0 aliphatic carbocycles. The minimum atomic E-state index is -1.05. The van der Waals surface area contributed by atoms with Crippen molar-refractivity contribution in [3.05, 3.63) is 65.6 Å². The third kappa shape index (κ3) is 1.49. The van der Waals surface area contributed by atoms with Gasteiger partial charge in [-0.05, 0) is 17.7 Å². The van der Waals surface area contributed by atoms with Crippen molar-refractivity contribution in [2.24, 2.45) is 0 Å². The Kier molecular flexibility index (Phi) is 2.46. The van der Waals surface area contributed by atoms with Crippen LogP contribution in [0.1, 0.15) is 5.56 Å². The van der Waals surface area contributed by atoms with Crippen LogP contribution in [0.4, 0.5) is 0 Å². The van der Waals surface area contributed by atoms with Gasteiger partial charge < -0.3 is 0 Å². The molecule has 70 valence electrons. The average Bonchev–Trinajstić information content (AvgIpc) is 2.61. The van der Waals surface area contributed by atoms with Gasteiger partial charge in [0.05, 0.1) is 15.7 Å². The highest BCUT2D eigenvalue weighted by molar-refractivity contribution is 7.98. The highest BCUT2D eigenvalue weighted by atomic mass is 32.2. The summed E-state index contributed by atoms with van der Waals surface area (Å²) in [5, 5.41) is 0. The standard InChI is InChI=1S/C12H10OS/c1-2-11-8-9-12(14(11)13)10-6-4-3-5-7-10/h2-9H,1H2. The number of hydrogen-bond donors (Lipinski definition) is 0. The highest BCUT2D eigenvalue weighted by Gasteiger charge is 2.16. The Balaban J connectivity index is 2.34. The fourth-order valence-electron chi connectivity index (χ4n) is 1.36. The Bertz CT molecular complexity index is 441. The summed E-state index contributed by atoms with van der Waals surface area (Å²) in [6, 6.07) is 9.76. The summed E-state index contributed by atoms with van der Waals surface area (Å²) in [5.74, 6) is 0. The molecule has 1 unspecified atom stereocenters. The molecule has 0 radical (unpaired) electrons. The van der Waals surface area contributed by atoms with E-state index in [0.717, 1.165) is 15.4 Å². The van der Waals surface area contributed by atoms with Gasteiger partial charge in [-0.1, -0.05) is 43.0 Å². The first-order valence-electron chi connectivity index (χ1n) is 4.34. The summed E-state index contributed by atoms with van der Waals surface area (Å²) < 4.78 is 11.8. The van der Waals surface area contributed by atoms with E-state index in [1.54, 1.807) is 6.08 Å². The number of rotatable bonds is 2. The smallest absolute Gasteiger partial charge is 0.0855 e. The zero-order valence-electron chi connectivity index (χ0n) is 7.64. The quantitative estimate of drug-likeness (QED) is 0.720. The molecule has 0 N–H and O–H groups in total. The van der Waals surface area contributed by atoms with Crippen molar-refractivity contribution >= 4 is 15.7 Å². The molecule has 1 aromatic carbocycles. The average molecular weight is 202 g/mol. The fourth-order valence-corrected chi connectivity index (χ4v) is 2.50. The summed E-state index contributed by atoms with van der Waals surface area (Å²) in [5.41, 5.74) is 1.01. The van der Waals surface area contributed by atoms with Crippen LogP contribution in [0.3, 0.4) is 0 Å². The van der Waals surface area contributed by atoms with Gasteiger partial charge in [0.25, 0.3) is 0 Å². The van der Waals surface area contributed by atoms with Gasteiger partial charge in [0.15, 0.2) is 0 Å². The van der Waals surface area contributed by atoms with Crippen LogP contribution >= 0.6 is 0 Å². The summed E-state index contributed by atoms with van der Waals surface area (Å²) in [7, 11) is -1.05. The molecule has 0 saturated heterocycles. The predicted octanol–water partition coefficient (Wildman–Crippen LogP) is 2.86. The topological polar surface area (TPSA) is 17.1 Å². The van der Waals surface area contributed by atoms with Gasteiger partial charge in [-0.3, -0.25) is 0 Å². The number of allylic oxidation sites excluding steroid dienone is 3. The molecule has 1 heterocycles. The predicted molar refractivity (Wildman–Crippen MR) is 60.8 cm³/mol. The van der Waals surface area contributed by atoms with Crippen LogP contribution in [-0.4, -0.2) is 4.21 Å². The van der Waals surface area contributed by atoms with Gasteiger partial charge in [0.1, 0.15) is 0 Å². The van der Waals surface area contributed by atoms with E-state index in [0.29, 0.717) is 0 Å². The molecule has 0 aromatic heterocycles. The van der Waals surface area contributed by atoms with E-state index >= 15 is 0 Å². The van der Waals surface area contributed by atoms with Crippen LogP contribution in [0.25, 0.3) is 4.91 Å². The maximum Gasteiger partial charge on any atom is 0.0855 e. The summed E-state index contributed by atoms with van der Waals surface area (Å²) in [4.78, 5) is 1.64. The van der Waals surface area contributed by atoms with E-state index in [9.17, 15) is 4.21 Å². The minimum Gasteiger partial charge on any atom is -0.249 e. The van der Waals surface area contributed by atoms with Crippen molar-refractivity contribution in [3.63, 3.8) is 0 Å². The molecule has 0 bridgehead atoms. The highest BCUT2D eigenvalue weighted by Crippen LogP contribution is 2.28. The third-order valence-corrected chi connectivity index (χ3v) is 3.57. The zero-order valence-corrected chi connectivity index (χ0v) is 8.46. The normalized spacial score (nSPS) is 20.1. The monoisotopic (exact) mass is 202 g/mol. The molecule has 1 nitrogen and oxygen atoms in total. The molecule has 1 aromatic rings. The first-order chi connectivity index (χ1) is 6.83. The van der Waals surface area contributed by atoms with Crippen molar-refractivity contribution < 1.29 is 4.21 Å². The van der Waals surface area contributed by atoms with E-state index < -0.39 is 10.8 Å². The van der Waals surface area contributed by atoms with Crippen molar-refractivity contribution in [2.45, 2.75) is 0 Å². The number of hydrogen-bond acceptors (Lipinski definition) is 1. The van der Waals surface area contributed by atoms with Gasteiger partial charge in [-0.2, -0.15) is 0 Å². The fraction of sp³-hybridized carbons (Fsp3) is 0. The Labute approximate surface area is 85.9 Å². The Morgan fingerprint density at radius 3 is 2.43 bits per heavy atom. The first kappa shape index (κ1) is 9.16. The molecule has 1 atom stereocenters. The lowest BCUT2D eigenvalue weighted by Gasteiger charge is -2.01. The van der Waals surface area contributed by atoms with Gasteiger partial charge in [0, 0.05) is 4.91 Å². The number of benzene rings is 1. The molecule has 1 aliphatic heterocycles. The minimum absolute atomic E-state index is 0.781. The van der Waals surface area contributed by atoms with Gasteiger partial charge in [-0.15, -0.1) is 0 Å².